The van der Waals surface area contributed by atoms with Crippen LogP contribution in [-0.4, -0.2) is 32.0 Å². The molecule has 6 heteroatoms. The van der Waals surface area contributed by atoms with Gasteiger partial charge < -0.3 is 15.5 Å². The first-order valence-corrected chi connectivity index (χ1v) is 7.43. The first-order chi connectivity index (χ1) is 10.1. The van der Waals surface area contributed by atoms with Crippen LogP contribution in [0.5, 0.6) is 0 Å². The van der Waals surface area contributed by atoms with Crippen LogP contribution in [0.2, 0.25) is 0 Å². The summed E-state index contributed by atoms with van der Waals surface area (Å²) >= 11 is 0. The molecule has 1 unspecified atom stereocenters. The average Bonchev–Trinajstić information content (AvgIpc) is 2.91. The second kappa shape index (κ2) is 8.76. The molecule has 2 rings (SSSR count). The third kappa shape index (κ3) is 4.71. The van der Waals surface area contributed by atoms with E-state index in [1.54, 1.807) is 0 Å². The van der Waals surface area contributed by atoms with E-state index in [2.05, 4.69) is 10.6 Å². The van der Waals surface area contributed by atoms with Crippen molar-refractivity contribution >= 4 is 29.9 Å². The number of rotatable bonds is 6. The lowest BCUT2D eigenvalue weighted by molar-refractivity contribution is -0.124. The van der Waals surface area contributed by atoms with Crippen molar-refractivity contribution in [1.29, 1.82) is 0 Å². The van der Waals surface area contributed by atoms with Crippen molar-refractivity contribution in [2.45, 2.75) is 26.3 Å². The Hall–Kier alpha value is -1.59. The van der Waals surface area contributed by atoms with Crippen molar-refractivity contribution in [3.05, 3.63) is 29.8 Å². The highest BCUT2D eigenvalue weighted by Crippen LogP contribution is 2.22. The quantitative estimate of drug-likeness (QED) is 0.837. The molecule has 0 bridgehead atoms. The third-order valence-corrected chi connectivity index (χ3v) is 3.72. The van der Waals surface area contributed by atoms with Crippen LogP contribution in [0.3, 0.4) is 0 Å². The third-order valence-electron chi connectivity index (χ3n) is 3.72. The van der Waals surface area contributed by atoms with Gasteiger partial charge in [-0.1, -0.05) is 19.1 Å². The van der Waals surface area contributed by atoms with Gasteiger partial charge in [-0.25, -0.2) is 0 Å². The zero-order valence-electron chi connectivity index (χ0n) is 13.1. The van der Waals surface area contributed by atoms with Crippen LogP contribution in [0.1, 0.15) is 25.3 Å². The predicted molar refractivity (Wildman–Crippen MR) is 90.2 cm³/mol. The number of anilines is 1. The second-order valence-electron chi connectivity index (χ2n) is 5.50. The summed E-state index contributed by atoms with van der Waals surface area (Å²) in [6.45, 7) is 3.83. The van der Waals surface area contributed by atoms with Gasteiger partial charge in [0.1, 0.15) is 0 Å². The Labute approximate surface area is 137 Å². The van der Waals surface area contributed by atoms with E-state index >= 15 is 0 Å². The Kier molecular flexibility index (Phi) is 7.35. The van der Waals surface area contributed by atoms with E-state index in [1.165, 1.54) is 0 Å². The number of benzene rings is 1. The molecule has 0 aliphatic carbocycles. The lowest BCUT2D eigenvalue weighted by Crippen LogP contribution is -2.34. The van der Waals surface area contributed by atoms with E-state index in [4.69, 9.17) is 0 Å². The van der Waals surface area contributed by atoms with E-state index in [-0.39, 0.29) is 30.1 Å². The van der Waals surface area contributed by atoms with Crippen LogP contribution in [-0.2, 0) is 16.1 Å². The fourth-order valence-corrected chi connectivity index (χ4v) is 2.52. The van der Waals surface area contributed by atoms with Gasteiger partial charge in [-0.3, -0.25) is 9.59 Å². The molecule has 1 aromatic rings. The summed E-state index contributed by atoms with van der Waals surface area (Å²) in [5.41, 5.74) is 1.93. The highest BCUT2D eigenvalue weighted by atomic mass is 35.5. The molecule has 2 N–H and O–H groups in total. The Balaban J connectivity index is 0.00000242. The number of hydrogen-bond donors (Lipinski definition) is 2. The van der Waals surface area contributed by atoms with E-state index in [0.29, 0.717) is 19.5 Å². The number of carbonyl (C=O) groups excluding carboxylic acids is 2. The van der Waals surface area contributed by atoms with Crippen LogP contribution < -0.4 is 15.5 Å². The van der Waals surface area contributed by atoms with Gasteiger partial charge in [-0.15, -0.1) is 12.4 Å². The molecule has 22 heavy (non-hydrogen) atoms. The Morgan fingerprint density at radius 2 is 2.18 bits per heavy atom. The minimum absolute atomic E-state index is 0. The van der Waals surface area contributed by atoms with Crippen molar-refractivity contribution in [2.75, 3.05) is 25.0 Å². The normalized spacial score (nSPS) is 15.4. The summed E-state index contributed by atoms with van der Waals surface area (Å²) in [6.07, 6.45) is 1.55. The molecular weight excluding hydrogens is 302 g/mol. The molecule has 2 amide bonds. The summed E-state index contributed by atoms with van der Waals surface area (Å²) < 4.78 is 0. The summed E-state index contributed by atoms with van der Waals surface area (Å²) in [5.74, 6) is 0.157. The summed E-state index contributed by atoms with van der Waals surface area (Å²) in [5, 5.41) is 5.92. The largest absolute Gasteiger partial charge is 0.352 e. The Bertz CT molecular complexity index is 522. The molecule has 1 saturated heterocycles. The van der Waals surface area contributed by atoms with Crippen LogP contribution in [0.15, 0.2) is 24.3 Å². The van der Waals surface area contributed by atoms with Gasteiger partial charge in [-0.2, -0.15) is 0 Å². The van der Waals surface area contributed by atoms with Gasteiger partial charge >= 0.3 is 0 Å². The number of nitrogens with one attached hydrogen (secondary N) is 2. The van der Waals surface area contributed by atoms with Crippen molar-refractivity contribution in [1.82, 2.24) is 10.6 Å². The molecule has 0 aromatic heterocycles. The Morgan fingerprint density at radius 3 is 2.82 bits per heavy atom. The fraction of sp³-hybridized carbons (Fsp3) is 0.500. The minimum Gasteiger partial charge on any atom is -0.352 e. The molecule has 1 fully saturated rings. The molecule has 0 spiro atoms. The van der Waals surface area contributed by atoms with Crippen LogP contribution in [0.25, 0.3) is 0 Å². The lowest BCUT2D eigenvalue weighted by Gasteiger charge is -2.17. The van der Waals surface area contributed by atoms with Crippen molar-refractivity contribution in [3.8, 4) is 0 Å². The van der Waals surface area contributed by atoms with Gasteiger partial charge in [0.15, 0.2) is 0 Å². The smallest absolute Gasteiger partial charge is 0.227 e. The SMILES string of the molecule is CNCC(C)C(=O)NCc1cccc(N2CCCC2=O)c1.Cl. The fourth-order valence-electron chi connectivity index (χ4n) is 2.52. The minimum atomic E-state index is -0.0571. The molecule has 122 valence electrons. The van der Waals surface area contributed by atoms with Crippen LogP contribution in [0, 0.1) is 5.92 Å². The Morgan fingerprint density at radius 1 is 1.41 bits per heavy atom. The molecule has 1 aromatic carbocycles. The maximum atomic E-state index is 11.9. The average molecular weight is 326 g/mol. The molecule has 1 aliphatic heterocycles. The van der Waals surface area contributed by atoms with Gasteiger partial charge in [0.2, 0.25) is 11.8 Å². The molecule has 0 saturated carbocycles. The van der Waals surface area contributed by atoms with Gasteiger partial charge in [-0.05, 0) is 31.2 Å². The highest BCUT2D eigenvalue weighted by molar-refractivity contribution is 5.95. The van der Waals surface area contributed by atoms with Gasteiger partial charge in [0.25, 0.3) is 0 Å². The first kappa shape index (κ1) is 18.5. The summed E-state index contributed by atoms with van der Waals surface area (Å²) in [6, 6.07) is 7.82. The number of carbonyl (C=O) groups is 2. The number of nitrogens with zero attached hydrogens (tertiary/aromatic N) is 1. The van der Waals surface area contributed by atoms with Gasteiger partial charge in [0, 0.05) is 37.7 Å². The van der Waals surface area contributed by atoms with E-state index < -0.39 is 0 Å². The predicted octanol–water partition coefficient (Wildman–Crippen LogP) is 1.71. The molecule has 1 heterocycles. The maximum absolute atomic E-state index is 11.9. The monoisotopic (exact) mass is 325 g/mol. The molecular formula is C16H24ClN3O2. The lowest BCUT2D eigenvalue weighted by atomic mass is 10.1. The topological polar surface area (TPSA) is 61.4 Å². The van der Waals surface area contributed by atoms with Crippen LogP contribution in [0.4, 0.5) is 5.69 Å². The zero-order valence-corrected chi connectivity index (χ0v) is 13.9. The number of halogens is 1. The number of hydrogen-bond acceptors (Lipinski definition) is 3. The number of amides is 2. The summed E-state index contributed by atoms with van der Waals surface area (Å²) in [7, 11) is 1.83. The zero-order chi connectivity index (χ0) is 15.2. The summed E-state index contributed by atoms with van der Waals surface area (Å²) in [4.78, 5) is 25.5. The highest BCUT2D eigenvalue weighted by Gasteiger charge is 2.21. The van der Waals surface area contributed by atoms with Crippen LogP contribution >= 0.6 is 12.4 Å². The molecule has 0 radical (unpaired) electrons. The standard InChI is InChI=1S/C16H23N3O2.ClH/c1-12(10-17-2)16(21)18-11-13-5-3-6-14(9-13)19-8-4-7-15(19)20;/h3,5-6,9,12,17H,4,7-8,10-11H2,1-2H3,(H,18,21);1H. The maximum Gasteiger partial charge on any atom is 0.227 e. The molecule has 1 aliphatic rings. The second-order valence-corrected chi connectivity index (χ2v) is 5.50. The molecule has 1 atom stereocenters. The van der Waals surface area contributed by atoms with Crippen molar-refractivity contribution < 1.29 is 9.59 Å². The van der Waals surface area contributed by atoms with E-state index in [9.17, 15) is 9.59 Å². The van der Waals surface area contributed by atoms with Crippen molar-refractivity contribution in [2.24, 2.45) is 5.92 Å². The van der Waals surface area contributed by atoms with E-state index in [1.807, 2.05) is 43.1 Å². The van der Waals surface area contributed by atoms with Gasteiger partial charge in [0.05, 0.1) is 0 Å². The van der Waals surface area contributed by atoms with E-state index in [0.717, 1.165) is 24.2 Å². The van der Waals surface area contributed by atoms with Crippen molar-refractivity contribution in [3.63, 3.8) is 0 Å². The first-order valence-electron chi connectivity index (χ1n) is 7.43. The molecule has 5 nitrogen and oxygen atoms in total.